The van der Waals surface area contributed by atoms with Gasteiger partial charge in [-0.15, -0.1) is 0 Å². The molecule has 6 nitrogen and oxygen atoms in total. The zero-order valence-corrected chi connectivity index (χ0v) is 11.7. The van der Waals surface area contributed by atoms with Crippen LogP contribution in [0.1, 0.15) is 34.1 Å². The Hall–Kier alpha value is -0.530. The van der Waals surface area contributed by atoms with E-state index < -0.39 is 23.5 Å². The van der Waals surface area contributed by atoms with Crippen molar-refractivity contribution in [3.8, 4) is 0 Å². The van der Waals surface area contributed by atoms with Crippen molar-refractivity contribution in [1.82, 2.24) is 0 Å². The third-order valence-electron chi connectivity index (χ3n) is 3.64. The van der Waals surface area contributed by atoms with Crippen LogP contribution in [0.25, 0.3) is 0 Å². The van der Waals surface area contributed by atoms with Gasteiger partial charge in [-0.3, -0.25) is 0 Å². The normalized spacial score (nSPS) is 46.6. The monoisotopic (exact) mass is 272 g/mol. The Bertz CT molecular complexity index is 393. The van der Waals surface area contributed by atoms with Crippen LogP contribution < -0.4 is 0 Å². The van der Waals surface area contributed by atoms with Crippen molar-refractivity contribution in [3.63, 3.8) is 0 Å². The molecule has 0 aromatic carbocycles. The van der Waals surface area contributed by atoms with Crippen LogP contribution in [-0.2, 0) is 28.5 Å². The number of hydrogen-bond donors (Lipinski definition) is 0. The maximum atomic E-state index is 11.0. The second-order valence-corrected chi connectivity index (χ2v) is 6.17. The van der Waals surface area contributed by atoms with Gasteiger partial charge in [0.1, 0.15) is 24.6 Å². The van der Waals surface area contributed by atoms with E-state index in [-0.39, 0.29) is 18.6 Å². The van der Waals surface area contributed by atoms with Crippen LogP contribution >= 0.6 is 0 Å². The molecular weight excluding hydrogens is 252 g/mol. The number of hydrogen-bond acceptors (Lipinski definition) is 6. The lowest BCUT2D eigenvalue weighted by molar-refractivity contribution is -0.279. The molecule has 0 aliphatic carbocycles. The number of ether oxygens (including phenoxy) is 5. The lowest BCUT2D eigenvalue weighted by Gasteiger charge is -2.39. The minimum absolute atomic E-state index is 0.119. The third-order valence-corrected chi connectivity index (χ3v) is 3.64. The molecule has 0 unspecified atom stereocenters. The second-order valence-electron chi connectivity index (χ2n) is 6.17. The number of fused-ring (bicyclic) bond motifs is 3. The molecule has 0 aromatic rings. The average molecular weight is 272 g/mol. The summed E-state index contributed by atoms with van der Waals surface area (Å²) in [5.41, 5.74) is 0. The van der Waals surface area contributed by atoms with E-state index >= 15 is 0 Å². The minimum Gasteiger partial charge on any atom is -0.344 e. The van der Waals surface area contributed by atoms with Gasteiger partial charge >= 0.3 is 0 Å². The van der Waals surface area contributed by atoms with E-state index in [0.717, 1.165) is 6.29 Å². The number of carbonyl (C=O) groups is 1. The van der Waals surface area contributed by atoms with Crippen molar-refractivity contribution in [2.45, 2.75) is 69.8 Å². The maximum Gasteiger partial charge on any atom is 0.207 e. The van der Waals surface area contributed by atoms with Gasteiger partial charge in [0.25, 0.3) is 0 Å². The van der Waals surface area contributed by atoms with E-state index in [1.54, 1.807) is 13.8 Å². The van der Waals surface area contributed by atoms with Crippen LogP contribution in [0.4, 0.5) is 0 Å². The summed E-state index contributed by atoms with van der Waals surface area (Å²) in [7, 11) is 0. The van der Waals surface area contributed by atoms with Crippen LogP contribution in [0.15, 0.2) is 0 Å². The molecule has 3 fully saturated rings. The molecule has 0 amide bonds. The predicted molar refractivity (Wildman–Crippen MR) is 63.2 cm³/mol. The van der Waals surface area contributed by atoms with E-state index in [0.29, 0.717) is 6.61 Å². The second kappa shape index (κ2) is 3.99. The summed E-state index contributed by atoms with van der Waals surface area (Å²) < 4.78 is 29.2. The van der Waals surface area contributed by atoms with Crippen LogP contribution in [0.3, 0.4) is 0 Å². The minimum atomic E-state index is -1.06. The Morgan fingerprint density at radius 3 is 2.53 bits per heavy atom. The molecule has 3 heterocycles. The first-order valence-corrected chi connectivity index (χ1v) is 6.58. The first kappa shape index (κ1) is 13.5. The van der Waals surface area contributed by atoms with Gasteiger partial charge in [-0.25, -0.2) is 0 Å². The van der Waals surface area contributed by atoms with E-state index in [4.69, 9.17) is 23.7 Å². The SMILES string of the molecule is CC1(C)O[C@H]2[C@@H](CO[C@@]3(CC=O)OC(C)(C)O[C@@H]23)O1. The highest BCUT2D eigenvalue weighted by Crippen LogP contribution is 2.48. The number of rotatable bonds is 2. The van der Waals surface area contributed by atoms with Gasteiger partial charge in [-0.2, -0.15) is 0 Å². The van der Waals surface area contributed by atoms with E-state index in [9.17, 15) is 4.79 Å². The fraction of sp³-hybridized carbons (Fsp3) is 0.923. The Morgan fingerprint density at radius 1 is 1.11 bits per heavy atom. The Morgan fingerprint density at radius 2 is 1.84 bits per heavy atom. The Labute approximate surface area is 112 Å². The van der Waals surface area contributed by atoms with E-state index in [1.165, 1.54) is 0 Å². The number of carbonyl (C=O) groups excluding carboxylic acids is 1. The maximum absolute atomic E-state index is 11.0. The summed E-state index contributed by atoms with van der Waals surface area (Å²) >= 11 is 0. The van der Waals surface area contributed by atoms with Gasteiger partial charge in [-0.05, 0) is 27.7 Å². The van der Waals surface area contributed by atoms with Crippen molar-refractivity contribution < 1.29 is 28.5 Å². The lowest BCUT2D eigenvalue weighted by atomic mass is 9.95. The first-order chi connectivity index (χ1) is 8.77. The van der Waals surface area contributed by atoms with Crippen LogP contribution in [-0.4, -0.2) is 48.6 Å². The Balaban J connectivity index is 1.91. The predicted octanol–water partition coefficient (Wildman–Crippen LogP) is 0.973. The van der Waals surface area contributed by atoms with Gasteiger partial charge in [0, 0.05) is 0 Å². The van der Waals surface area contributed by atoms with Crippen LogP contribution in [0, 0.1) is 0 Å². The van der Waals surface area contributed by atoms with Gasteiger partial charge in [0.05, 0.1) is 13.0 Å². The summed E-state index contributed by atoms with van der Waals surface area (Å²) in [6, 6.07) is 0. The highest BCUT2D eigenvalue weighted by molar-refractivity contribution is 5.51. The molecule has 6 heteroatoms. The molecule has 0 aromatic heterocycles. The van der Waals surface area contributed by atoms with Crippen molar-refractivity contribution >= 4 is 6.29 Å². The van der Waals surface area contributed by atoms with E-state index in [2.05, 4.69) is 0 Å². The topological polar surface area (TPSA) is 63.2 Å². The fourth-order valence-corrected chi connectivity index (χ4v) is 3.13. The molecule has 19 heavy (non-hydrogen) atoms. The molecule has 4 atom stereocenters. The molecule has 0 bridgehead atoms. The molecule has 0 radical (unpaired) electrons. The standard InChI is InChI=1S/C13H20O6/c1-11(2)16-8-7-15-13(5-6-14)10(9(8)17-11)18-12(3,4)19-13/h6,8-10H,5,7H2,1-4H3/t8-,9+,10+,13+/m1/s1. The summed E-state index contributed by atoms with van der Waals surface area (Å²) in [5, 5.41) is 0. The zero-order chi connectivity index (χ0) is 13.9. The van der Waals surface area contributed by atoms with Gasteiger partial charge in [0.15, 0.2) is 11.6 Å². The van der Waals surface area contributed by atoms with Gasteiger partial charge in [-0.1, -0.05) is 0 Å². The molecule has 3 aliphatic rings. The van der Waals surface area contributed by atoms with Crippen molar-refractivity contribution in [1.29, 1.82) is 0 Å². The van der Waals surface area contributed by atoms with Crippen LogP contribution in [0.5, 0.6) is 0 Å². The zero-order valence-electron chi connectivity index (χ0n) is 11.7. The molecule has 0 N–H and O–H groups in total. The summed E-state index contributed by atoms with van der Waals surface area (Å²) in [5.74, 6) is -2.54. The molecular formula is C13H20O6. The summed E-state index contributed by atoms with van der Waals surface area (Å²) in [4.78, 5) is 11.0. The van der Waals surface area contributed by atoms with E-state index in [1.807, 2.05) is 13.8 Å². The molecule has 3 aliphatic heterocycles. The van der Waals surface area contributed by atoms with Gasteiger partial charge < -0.3 is 28.5 Å². The Kier molecular flexibility index (Phi) is 2.82. The summed E-state index contributed by atoms with van der Waals surface area (Å²) in [6.45, 7) is 7.65. The third kappa shape index (κ3) is 2.11. The van der Waals surface area contributed by atoms with Gasteiger partial charge in [0.2, 0.25) is 5.79 Å². The highest BCUT2D eigenvalue weighted by atomic mass is 16.9. The van der Waals surface area contributed by atoms with Crippen molar-refractivity contribution in [3.05, 3.63) is 0 Å². The molecule has 108 valence electrons. The molecule has 3 saturated heterocycles. The molecule has 3 rings (SSSR count). The largest absolute Gasteiger partial charge is 0.344 e. The van der Waals surface area contributed by atoms with Crippen molar-refractivity contribution in [2.75, 3.05) is 6.61 Å². The van der Waals surface area contributed by atoms with Crippen LogP contribution in [0.2, 0.25) is 0 Å². The smallest absolute Gasteiger partial charge is 0.207 e. The molecule has 0 spiro atoms. The fourth-order valence-electron chi connectivity index (χ4n) is 3.13. The average Bonchev–Trinajstić information content (AvgIpc) is 2.71. The highest BCUT2D eigenvalue weighted by Gasteiger charge is 2.64. The molecule has 0 saturated carbocycles. The first-order valence-electron chi connectivity index (χ1n) is 6.58. The lowest BCUT2D eigenvalue weighted by Crippen LogP contribution is -2.58. The number of aldehydes is 1. The van der Waals surface area contributed by atoms with Crippen molar-refractivity contribution in [2.24, 2.45) is 0 Å². The quantitative estimate of drug-likeness (QED) is 0.698. The summed E-state index contributed by atoms with van der Waals surface area (Å²) in [6.07, 6.45) is -0.0383.